The van der Waals surface area contributed by atoms with Crippen LogP contribution in [0.2, 0.25) is 0 Å². The van der Waals surface area contributed by atoms with Crippen LogP contribution >= 0.6 is 0 Å². The first-order chi connectivity index (χ1) is 45.2. The van der Waals surface area contributed by atoms with Gasteiger partial charge in [0.05, 0.1) is 11.0 Å². The third-order valence-corrected chi connectivity index (χ3v) is 15.6. The zero-order chi connectivity index (χ0) is 71.2. The highest BCUT2D eigenvalue weighted by Gasteiger charge is 2.38. The Labute approximate surface area is 561 Å². The lowest BCUT2D eigenvalue weighted by Gasteiger charge is -2.30. The number of rotatable bonds is 22. The average Bonchev–Trinajstić information content (AvgIpc) is 1.64. The van der Waals surface area contributed by atoms with E-state index in [4.69, 9.17) is 20.5 Å². The van der Waals surface area contributed by atoms with Crippen LogP contribution in [0, 0.1) is 23.7 Å². The second-order valence-electron chi connectivity index (χ2n) is 28.4. The predicted molar refractivity (Wildman–Crippen MR) is 364 cm³/mol. The number of ether oxygens (including phenoxy) is 2. The standard InChI is InChI=1S/C68H100N16O12/c1-39(2)31-49-59(87)73-47(25-19-21-29-71-81-69)57(85)75-52(34-42(7)8)62(90)80-54(36-44-38-84(66(94)96-68(12,13)14)56-28-18-16-24-46(44)56)64(92)78-50(32-40(3)4)60(88)74-48(26-20-22-30-72-82-70)58(86)76-51(33-41(5)6)61(89)79-53(63(91)77-49)35-43-37-83(65(93)95-67(9,10)11)55-27-17-15-23-45(43)55/h15-18,23-24,27-28,37-42,47-54H,19-22,25-26,29-36H2,1-14H3,(H,73,87)(H,74,88)(H,75,85)(H,76,86)(H,77,91)(H,78,92)(H,79,89)(H,80,90)/t47-,48-,49+,50+,51+,52+,53-,54-/m0/s1. The van der Waals surface area contributed by atoms with Gasteiger partial charge in [-0.25, -0.2) is 9.59 Å². The molecule has 8 N–H and O–H groups in total. The summed E-state index contributed by atoms with van der Waals surface area (Å²) in [6, 6.07) is 2.53. The van der Waals surface area contributed by atoms with E-state index in [1.54, 1.807) is 90.1 Å². The number of carbonyl (C=O) groups is 10. The molecule has 96 heavy (non-hydrogen) atoms. The lowest BCUT2D eigenvalue weighted by atomic mass is 9.98. The van der Waals surface area contributed by atoms with Gasteiger partial charge >= 0.3 is 12.2 Å². The summed E-state index contributed by atoms with van der Waals surface area (Å²) >= 11 is 0. The van der Waals surface area contributed by atoms with Crippen LogP contribution in [0.5, 0.6) is 0 Å². The number of hydrogen-bond acceptors (Lipinski definition) is 14. The number of nitrogens with zero attached hydrogens (tertiary/aromatic N) is 8. The Balaban J connectivity index is 1.73. The molecule has 8 amide bonds. The van der Waals surface area contributed by atoms with Crippen molar-refractivity contribution in [3.8, 4) is 0 Å². The Bertz CT molecular complexity index is 3250. The number of azide groups is 2. The molecule has 0 saturated carbocycles. The molecule has 2 aromatic carbocycles. The van der Waals surface area contributed by atoms with Gasteiger partial charge in [-0.1, -0.05) is 115 Å². The molecule has 3 heterocycles. The number of para-hydroxylation sites is 2. The Kier molecular flexibility index (Phi) is 29.2. The van der Waals surface area contributed by atoms with Gasteiger partial charge in [0, 0.05) is 58.9 Å². The minimum Gasteiger partial charge on any atom is -0.443 e. The van der Waals surface area contributed by atoms with Crippen molar-refractivity contribution in [3.63, 3.8) is 0 Å². The molecule has 1 saturated heterocycles. The van der Waals surface area contributed by atoms with E-state index in [1.807, 2.05) is 55.4 Å². The van der Waals surface area contributed by atoms with E-state index < -0.39 is 119 Å². The highest BCUT2D eigenvalue weighted by Crippen LogP contribution is 2.27. The summed E-state index contributed by atoms with van der Waals surface area (Å²) in [6.45, 7) is 25.0. The topological polar surface area (TPSA) is 393 Å². The monoisotopic (exact) mass is 1330 g/mol. The number of benzene rings is 2. The van der Waals surface area contributed by atoms with Gasteiger partial charge in [0.25, 0.3) is 0 Å². The SMILES string of the molecule is CC(C)C[C@H]1NC(=O)[C@H](CCCCN=[N+]=[N-])NC(=O)[C@@H](CC(C)C)NC(=O)[C@H](Cc2cn(C(=O)OC(C)(C)C)c3ccccc23)NC(=O)[C@@H](CC(C)C)NC(=O)[C@H](CCCCN=[N+]=[N-])NC(=O)[C@@H](CC(C)C)NC(=O)[C@H](Cc2cn(C(=O)OC(C)(C)C)c3ccccc23)NC1=O. The zero-order valence-corrected chi connectivity index (χ0v) is 58.1. The van der Waals surface area contributed by atoms with Gasteiger partial charge in [-0.2, -0.15) is 0 Å². The van der Waals surface area contributed by atoms with Crippen LogP contribution in [0.3, 0.4) is 0 Å². The predicted octanol–water partition coefficient (Wildman–Crippen LogP) is 8.99. The van der Waals surface area contributed by atoms with Crippen molar-refractivity contribution in [2.45, 2.75) is 234 Å². The number of hydrogen-bond donors (Lipinski definition) is 8. The lowest BCUT2D eigenvalue weighted by molar-refractivity contribution is -0.137. The second kappa shape index (κ2) is 36.1. The number of aromatic nitrogens is 2. The first-order valence-corrected chi connectivity index (χ1v) is 33.3. The van der Waals surface area contributed by atoms with Crippen molar-refractivity contribution in [3.05, 3.63) is 92.9 Å². The van der Waals surface area contributed by atoms with Crippen LogP contribution in [0.4, 0.5) is 9.59 Å². The molecule has 0 spiro atoms. The summed E-state index contributed by atoms with van der Waals surface area (Å²) in [5.74, 6) is -7.58. The van der Waals surface area contributed by atoms with E-state index in [9.17, 15) is 28.8 Å². The smallest absolute Gasteiger partial charge is 0.419 e. The minimum absolute atomic E-state index is 0.0136. The maximum atomic E-state index is 15.3. The summed E-state index contributed by atoms with van der Waals surface area (Å²) in [4.78, 5) is 154. The van der Waals surface area contributed by atoms with Gasteiger partial charge in [0.2, 0.25) is 47.3 Å². The van der Waals surface area contributed by atoms with Gasteiger partial charge in [-0.15, -0.1) is 0 Å². The molecule has 1 aliphatic rings. The largest absolute Gasteiger partial charge is 0.443 e. The number of carbonyl (C=O) groups excluding carboxylic acids is 10. The van der Waals surface area contributed by atoms with Gasteiger partial charge < -0.3 is 52.0 Å². The molecular formula is C68H100N16O12. The molecule has 1 fully saturated rings. The summed E-state index contributed by atoms with van der Waals surface area (Å²) in [7, 11) is 0. The fraction of sp³-hybridized carbons (Fsp3) is 0.618. The molecular weight excluding hydrogens is 1230 g/mol. The van der Waals surface area contributed by atoms with Crippen molar-refractivity contribution >= 4 is 81.2 Å². The van der Waals surface area contributed by atoms with E-state index in [2.05, 4.69) is 62.6 Å². The van der Waals surface area contributed by atoms with Crippen LogP contribution in [0.1, 0.15) is 172 Å². The number of amides is 8. The van der Waals surface area contributed by atoms with Gasteiger partial charge in [-0.3, -0.25) is 47.5 Å². The molecule has 0 aliphatic carbocycles. The number of fused-ring (bicyclic) bond motifs is 2. The molecule has 8 atom stereocenters. The minimum atomic E-state index is -1.52. The molecule has 1 aliphatic heterocycles. The van der Waals surface area contributed by atoms with E-state index in [0.717, 1.165) is 0 Å². The molecule has 524 valence electrons. The molecule has 5 rings (SSSR count). The van der Waals surface area contributed by atoms with Crippen LogP contribution in [0.25, 0.3) is 42.7 Å². The van der Waals surface area contributed by atoms with Gasteiger partial charge in [0.1, 0.15) is 59.5 Å². The zero-order valence-electron chi connectivity index (χ0n) is 58.1. The fourth-order valence-corrected chi connectivity index (χ4v) is 11.3. The Morgan fingerprint density at radius 1 is 0.427 bits per heavy atom. The highest BCUT2D eigenvalue weighted by molar-refractivity contribution is 6.00. The van der Waals surface area contributed by atoms with Crippen molar-refractivity contribution in [2.75, 3.05) is 13.1 Å². The molecule has 2 aromatic heterocycles. The first kappa shape index (κ1) is 77.5. The van der Waals surface area contributed by atoms with Crippen molar-refractivity contribution in [2.24, 2.45) is 33.9 Å². The van der Waals surface area contributed by atoms with Crippen molar-refractivity contribution in [1.29, 1.82) is 0 Å². The average molecular weight is 1330 g/mol. The number of nitrogens with one attached hydrogen (secondary N) is 8. The van der Waals surface area contributed by atoms with E-state index in [0.29, 0.717) is 45.8 Å². The van der Waals surface area contributed by atoms with Crippen LogP contribution < -0.4 is 42.5 Å². The highest BCUT2D eigenvalue weighted by atomic mass is 16.6. The molecule has 28 heteroatoms. The van der Waals surface area contributed by atoms with E-state index >= 15 is 19.2 Å². The van der Waals surface area contributed by atoms with Gasteiger partial charge in [0.15, 0.2) is 0 Å². The molecule has 0 unspecified atom stereocenters. The van der Waals surface area contributed by atoms with Crippen LogP contribution in [0.15, 0.2) is 71.2 Å². The Morgan fingerprint density at radius 2 is 0.688 bits per heavy atom. The van der Waals surface area contributed by atoms with Crippen LogP contribution in [-0.4, -0.2) is 141 Å². The fourth-order valence-electron chi connectivity index (χ4n) is 11.3. The first-order valence-electron chi connectivity index (χ1n) is 33.3. The molecule has 28 nitrogen and oxygen atoms in total. The number of unbranched alkanes of at least 4 members (excludes halogenated alkanes) is 2. The van der Waals surface area contributed by atoms with Crippen molar-refractivity contribution < 1.29 is 57.4 Å². The molecule has 0 radical (unpaired) electrons. The van der Waals surface area contributed by atoms with E-state index in [-0.39, 0.29) is 101 Å². The van der Waals surface area contributed by atoms with Crippen LogP contribution in [-0.2, 0) is 60.7 Å². The maximum Gasteiger partial charge on any atom is 0.419 e. The lowest BCUT2D eigenvalue weighted by Crippen LogP contribution is -2.62. The molecule has 0 bridgehead atoms. The second-order valence-corrected chi connectivity index (χ2v) is 28.4. The molecule has 4 aromatic rings. The summed E-state index contributed by atoms with van der Waals surface area (Å²) < 4.78 is 14.1. The maximum absolute atomic E-state index is 15.3. The summed E-state index contributed by atoms with van der Waals surface area (Å²) in [5, 5.41) is 31.1. The van der Waals surface area contributed by atoms with Gasteiger partial charge in [-0.05, 0) is 151 Å². The Morgan fingerprint density at radius 3 is 0.969 bits per heavy atom. The van der Waals surface area contributed by atoms with E-state index in [1.165, 1.54) is 21.5 Å². The summed E-state index contributed by atoms with van der Waals surface area (Å²) in [5.41, 5.74) is 18.0. The normalized spacial score (nSPS) is 21.0. The summed E-state index contributed by atoms with van der Waals surface area (Å²) in [6.07, 6.45) is 2.08. The Hall–Kier alpha value is -9.16. The quantitative estimate of drug-likeness (QED) is 0.0158. The third kappa shape index (κ3) is 24.2. The van der Waals surface area contributed by atoms with Crippen molar-refractivity contribution in [1.82, 2.24) is 51.7 Å². The third-order valence-electron chi connectivity index (χ3n) is 15.6.